The van der Waals surface area contributed by atoms with E-state index in [9.17, 15) is 8.42 Å². The van der Waals surface area contributed by atoms with Crippen LogP contribution in [0.25, 0.3) is 0 Å². The summed E-state index contributed by atoms with van der Waals surface area (Å²) in [6, 6.07) is 3.28. The van der Waals surface area contributed by atoms with Crippen LogP contribution in [0.3, 0.4) is 0 Å². The summed E-state index contributed by atoms with van der Waals surface area (Å²) in [5, 5.41) is 0. The van der Waals surface area contributed by atoms with E-state index in [1.165, 1.54) is 6.07 Å². The second kappa shape index (κ2) is 8.36. The molecule has 0 spiro atoms. The summed E-state index contributed by atoms with van der Waals surface area (Å²) in [6.07, 6.45) is 2.79. The van der Waals surface area contributed by atoms with Gasteiger partial charge in [0.25, 0.3) is 0 Å². The molecule has 0 bridgehead atoms. The number of sulfonamides is 1. The van der Waals surface area contributed by atoms with Crippen molar-refractivity contribution < 1.29 is 13.2 Å². The second-order valence-corrected chi connectivity index (χ2v) is 6.91. The molecule has 0 radical (unpaired) electrons. The molecule has 0 heterocycles. The average molecular weight is 314 g/mol. The predicted molar refractivity (Wildman–Crippen MR) is 85.9 cm³/mol. The van der Waals surface area contributed by atoms with E-state index in [-0.39, 0.29) is 4.90 Å². The van der Waals surface area contributed by atoms with Crippen LogP contribution in [-0.2, 0) is 14.8 Å². The van der Waals surface area contributed by atoms with Crippen molar-refractivity contribution in [1.29, 1.82) is 0 Å². The van der Waals surface area contributed by atoms with Gasteiger partial charge in [0.1, 0.15) is 0 Å². The molecule has 0 aliphatic heterocycles. The molecule has 120 valence electrons. The Bertz CT molecular complexity index is 556. The van der Waals surface area contributed by atoms with Crippen LogP contribution in [0.15, 0.2) is 17.0 Å². The first-order chi connectivity index (χ1) is 9.88. The predicted octanol–water partition coefficient (Wildman–Crippen LogP) is 2.37. The van der Waals surface area contributed by atoms with Crippen molar-refractivity contribution in [3.05, 3.63) is 23.3 Å². The number of nitrogens with one attached hydrogen (secondary N) is 1. The summed E-state index contributed by atoms with van der Waals surface area (Å²) in [4.78, 5) is 0.256. The lowest BCUT2D eigenvalue weighted by Gasteiger charge is -2.12. The monoisotopic (exact) mass is 314 g/mol. The fraction of sp³-hybridized carbons (Fsp3) is 0.600. The Morgan fingerprint density at radius 3 is 2.52 bits per heavy atom. The fourth-order valence-corrected chi connectivity index (χ4v) is 3.36. The van der Waals surface area contributed by atoms with Gasteiger partial charge < -0.3 is 10.5 Å². The van der Waals surface area contributed by atoms with Gasteiger partial charge in [-0.1, -0.05) is 13.3 Å². The highest BCUT2D eigenvalue weighted by Gasteiger charge is 2.17. The number of hydrogen-bond donors (Lipinski definition) is 2. The largest absolute Gasteiger partial charge is 0.399 e. The Hall–Kier alpha value is -1.11. The maximum Gasteiger partial charge on any atom is 0.240 e. The molecule has 1 aromatic rings. The molecule has 1 aromatic carbocycles. The lowest BCUT2D eigenvalue weighted by molar-refractivity contribution is 0.130. The first-order valence-electron chi connectivity index (χ1n) is 7.32. The minimum atomic E-state index is -3.52. The van der Waals surface area contributed by atoms with Gasteiger partial charge in [0.2, 0.25) is 10.0 Å². The SMILES string of the molecule is CCCCOCCCNS(=O)(=O)c1cc(N)cc(C)c1C. The third-order valence-corrected chi connectivity index (χ3v) is 4.92. The van der Waals surface area contributed by atoms with Crippen molar-refractivity contribution in [3.63, 3.8) is 0 Å². The van der Waals surface area contributed by atoms with E-state index in [0.717, 1.165) is 30.6 Å². The van der Waals surface area contributed by atoms with Gasteiger partial charge in [-0.2, -0.15) is 0 Å². The van der Waals surface area contributed by atoms with Crippen LogP contribution >= 0.6 is 0 Å². The molecule has 5 nitrogen and oxygen atoms in total. The quantitative estimate of drug-likeness (QED) is 0.541. The lowest BCUT2D eigenvalue weighted by atomic mass is 10.1. The highest BCUT2D eigenvalue weighted by atomic mass is 32.2. The number of hydrogen-bond acceptors (Lipinski definition) is 4. The number of nitrogens with two attached hydrogens (primary N) is 1. The Morgan fingerprint density at radius 1 is 1.19 bits per heavy atom. The molecule has 0 aliphatic rings. The molecule has 6 heteroatoms. The summed E-state index contributed by atoms with van der Waals surface area (Å²) in [7, 11) is -3.52. The number of benzene rings is 1. The molecule has 0 aliphatic carbocycles. The molecule has 0 aromatic heterocycles. The molecule has 0 fully saturated rings. The van der Waals surface area contributed by atoms with Gasteiger partial charge in [0.05, 0.1) is 4.90 Å². The fourth-order valence-electron chi connectivity index (χ4n) is 1.94. The third-order valence-electron chi connectivity index (χ3n) is 3.33. The zero-order valence-electron chi connectivity index (χ0n) is 13.1. The van der Waals surface area contributed by atoms with E-state index in [1.54, 1.807) is 13.0 Å². The normalized spacial score (nSPS) is 11.8. The van der Waals surface area contributed by atoms with Crippen LogP contribution in [0.5, 0.6) is 0 Å². The highest BCUT2D eigenvalue weighted by Crippen LogP contribution is 2.22. The number of rotatable bonds is 9. The molecule has 21 heavy (non-hydrogen) atoms. The summed E-state index contributed by atoms with van der Waals surface area (Å²) >= 11 is 0. The average Bonchev–Trinajstić information content (AvgIpc) is 2.41. The van der Waals surface area contributed by atoms with Crippen molar-refractivity contribution in [2.75, 3.05) is 25.5 Å². The van der Waals surface area contributed by atoms with Crippen molar-refractivity contribution >= 4 is 15.7 Å². The van der Waals surface area contributed by atoms with Crippen LogP contribution in [0.2, 0.25) is 0 Å². The number of aryl methyl sites for hydroxylation is 1. The molecule has 0 unspecified atom stereocenters. The Morgan fingerprint density at radius 2 is 1.86 bits per heavy atom. The number of nitrogen functional groups attached to an aromatic ring is 1. The van der Waals surface area contributed by atoms with Crippen LogP contribution in [0.1, 0.15) is 37.3 Å². The molecular formula is C15H26N2O3S. The van der Waals surface area contributed by atoms with Crippen LogP contribution in [0.4, 0.5) is 5.69 Å². The Kier molecular flexibility index (Phi) is 7.14. The van der Waals surface area contributed by atoms with Gasteiger partial charge in [-0.15, -0.1) is 0 Å². The van der Waals surface area contributed by atoms with Gasteiger partial charge in [0, 0.05) is 25.4 Å². The zero-order valence-corrected chi connectivity index (χ0v) is 13.9. The van der Waals surface area contributed by atoms with Gasteiger partial charge in [-0.3, -0.25) is 0 Å². The van der Waals surface area contributed by atoms with Crippen LogP contribution in [0, 0.1) is 13.8 Å². The van der Waals surface area contributed by atoms with Gasteiger partial charge >= 0.3 is 0 Å². The first kappa shape index (κ1) is 17.9. The highest BCUT2D eigenvalue weighted by molar-refractivity contribution is 7.89. The van der Waals surface area contributed by atoms with Crippen molar-refractivity contribution in [1.82, 2.24) is 4.72 Å². The maximum absolute atomic E-state index is 12.3. The van der Waals surface area contributed by atoms with Gasteiger partial charge in [-0.25, -0.2) is 13.1 Å². The molecule has 1 rings (SSSR count). The molecule has 0 saturated heterocycles. The Balaban J connectivity index is 2.55. The zero-order chi connectivity index (χ0) is 15.9. The number of unbranched alkanes of at least 4 members (excludes halogenated alkanes) is 1. The smallest absolute Gasteiger partial charge is 0.240 e. The van der Waals surface area contributed by atoms with E-state index in [2.05, 4.69) is 11.6 Å². The molecule has 0 atom stereocenters. The Labute approximate surface area is 127 Å². The third kappa shape index (κ3) is 5.65. The molecular weight excluding hydrogens is 288 g/mol. The molecule has 3 N–H and O–H groups in total. The maximum atomic E-state index is 12.3. The van der Waals surface area contributed by atoms with Gasteiger partial charge in [0.15, 0.2) is 0 Å². The summed E-state index contributed by atoms with van der Waals surface area (Å²) < 4.78 is 32.6. The van der Waals surface area contributed by atoms with Crippen LogP contribution < -0.4 is 10.5 Å². The van der Waals surface area contributed by atoms with E-state index < -0.39 is 10.0 Å². The molecule has 0 amide bonds. The minimum absolute atomic E-state index is 0.256. The summed E-state index contributed by atoms with van der Waals surface area (Å²) in [5.41, 5.74) is 7.80. The molecule has 0 saturated carbocycles. The standard InChI is InChI=1S/C15H26N2O3S/c1-4-5-8-20-9-6-7-17-21(18,19)15-11-14(16)10-12(2)13(15)3/h10-11,17H,4-9,16H2,1-3H3. The number of ether oxygens (including phenoxy) is 1. The van der Waals surface area contributed by atoms with Crippen molar-refractivity contribution in [2.24, 2.45) is 0 Å². The van der Waals surface area contributed by atoms with Crippen LogP contribution in [-0.4, -0.2) is 28.2 Å². The van der Waals surface area contributed by atoms with E-state index in [1.807, 2.05) is 6.92 Å². The number of anilines is 1. The lowest BCUT2D eigenvalue weighted by Crippen LogP contribution is -2.26. The minimum Gasteiger partial charge on any atom is -0.399 e. The van der Waals surface area contributed by atoms with Gasteiger partial charge in [-0.05, 0) is 49.9 Å². The summed E-state index contributed by atoms with van der Waals surface area (Å²) in [5.74, 6) is 0. The van der Waals surface area contributed by atoms with E-state index in [4.69, 9.17) is 10.5 Å². The van der Waals surface area contributed by atoms with E-state index >= 15 is 0 Å². The topological polar surface area (TPSA) is 81.4 Å². The first-order valence-corrected chi connectivity index (χ1v) is 8.81. The second-order valence-electron chi connectivity index (χ2n) is 5.18. The van der Waals surface area contributed by atoms with Crippen molar-refractivity contribution in [2.45, 2.75) is 44.9 Å². The van der Waals surface area contributed by atoms with E-state index in [0.29, 0.717) is 25.3 Å². The summed E-state index contributed by atoms with van der Waals surface area (Å²) in [6.45, 7) is 7.41. The van der Waals surface area contributed by atoms with Crippen molar-refractivity contribution in [3.8, 4) is 0 Å².